The van der Waals surface area contributed by atoms with Crippen molar-refractivity contribution >= 4 is 12.6 Å². The van der Waals surface area contributed by atoms with E-state index < -0.39 is 0 Å². The normalized spacial score (nSPS) is 26.4. The fourth-order valence-corrected chi connectivity index (χ4v) is 2.87. The van der Waals surface area contributed by atoms with Crippen LogP contribution in [-0.4, -0.2) is 36.8 Å². The van der Waals surface area contributed by atoms with Crippen LogP contribution in [0.5, 0.6) is 0 Å². The van der Waals surface area contributed by atoms with E-state index in [0.29, 0.717) is 0 Å². The molecule has 1 atom stereocenters. The van der Waals surface area contributed by atoms with Crippen LogP contribution in [0.15, 0.2) is 24.3 Å². The molecule has 3 nitrogen and oxygen atoms in total. The minimum Gasteiger partial charge on any atom is -0.402 e. The molecule has 4 heteroatoms. The molecule has 2 heterocycles. The zero-order valence-corrected chi connectivity index (χ0v) is 12.8. The minimum atomic E-state index is -0.221. The molecule has 2 saturated heterocycles. The Labute approximate surface area is 122 Å². The smallest absolute Gasteiger partial charge is 0.402 e. The lowest BCUT2D eigenvalue weighted by atomic mass is 9.79. The second kappa shape index (κ2) is 5.51. The standard InChI is InChI=1S/C16H24BNO2/c1-13-16(2,3)20-17(19-13)15-8-6-14(7-9-15)12-18-10-4-5-11-18/h6-9,13H,4-5,10-12H2,1-3H3. The Morgan fingerprint density at radius 1 is 1.20 bits per heavy atom. The van der Waals surface area contributed by atoms with E-state index in [-0.39, 0.29) is 18.8 Å². The summed E-state index contributed by atoms with van der Waals surface area (Å²) in [5.74, 6) is 0. The van der Waals surface area contributed by atoms with Crippen LogP contribution in [-0.2, 0) is 15.9 Å². The van der Waals surface area contributed by atoms with E-state index in [4.69, 9.17) is 9.31 Å². The average molecular weight is 273 g/mol. The summed E-state index contributed by atoms with van der Waals surface area (Å²) in [5, 5.41) is 0. The number of nitrogens with zero attached hydrogens (tertiary/aromatic N) is 1. The van der Waals surface area contributed by atoms with Crippen LogP contribution in [0.25, 0.3) is 0 Å². The van der Waals surface area contributed by atoms with Gasteiger partial charge in [-0.15, -0.1) is 0 Å². The van der Waals surface area contributed by atoms with Gasteiger partial charge >= 0.3 is 7.12 Å². The Hall–Kier alpha value is -0.835. The predicted molar refractivity (Wildman–Crippen MR) is 82.1 cm³/mol. The Morgan fingerprint density at radius 2 is 1.85 bits per heavy atom. The lowest BCUT2D eigenvalue weighted by molar-refractivity contribution is 0.0842. The van der Waals surface area contributed by atoms with Gasteiger partial charge in [0, 0.05) is 6.54 Å². The second-order valence-electron chi connectivity index (χ2n) is 6.56. The van der Waals surface area contributed by atoms with Crippen molar-refractivity contribution in [2.75, 3.05) is 13.1 Å². The molecule has 0 saturated carbocycles. The van der Waals surface area contributed by atoms with Gasteiger partial charge in [-0.2, -0.15) is 0 Å². The maximum atomic E-state index is 5.99. The molecule has 2 aliphatic rings. The van der Waals surface area contributed by atoms with Crippen molar-refractivity contribution in [1.82, 2.24) is 4.90 Å². The van der Waals surface area contributed by atoms with E-state index in [1.807, 2.05) is 0 Å². The molecular formula is C16H24BNO2. The summed E-state index contributed by atoms with van der Waals surface area (Å²) in [7, 11) is -0.221. The van der Waals surface area contributed by atoms with Crippen molar-refractivity contribution < 1.29 is 9.31 Å². The van der Waals surface area contributed by atoms with Gasteiger partial charge in [0.2, 0.25) is 0 Å². The first-order chi connectivity index (χ1) is 9.54. The number of benzene rings is 1. The largest absolute Gasteiger partial charge is 0.494 e. The summed E-state index contributed by atoms with van der Waals surface area (Å²) in [4.78, 5) is 2.52. The van der Waals surface area contributed by atoms with E-state index in [1.165, 1.54) is 31.5 Å². The van der Waals surface area contributed by atoms with Gasteiger partial charge in [0.25, 0.3) is 0 Å². The third-order valence-electron chi connectivity index (χ3n) is 4.57. The van der Waals surface area contributed by atoms with Gasteiger partial charge in [0.05, 0.1) is 11.7 Å². The molecule has 1 aromatic rings. The van der Waals surface area contributed by atoms with E-state index in [1.54, 1.807) is 0 Å². The highest BCUT2D eigenvalue weighted by molar-refractivity contribution is 6.61. The number of rotatable bonds is 3. The SMILES string of the molecule is CC1OB(c2ccc(CN3CCCC3)cc2)OC1(C)C. The summed E-state index contributed by atoms with van der Waals surface area (Å²) >= 11 is 0. The predicted octanol–water partition coefficient (Wildman–Crippen LogP) is 2.19. The summed E-state index contributed by atoms with van der Waals surface area (Å²) < 4.78 is 11.9. The van der Waals surface area contributed by atoms with Crippen molar-refractivity contribution in [1.29, 1.82) is 0 Å². The molecule has 0 aromatic heterocycles. The van der Waals surface area contributed by atoms with Crippen molar-refractivity contribution in [2.45, 2.75) is 51.9 Å². The van der Waals surface area contributed by atoms with Crippen molar-refractivity contribution in [3.05, 3.63) is 29.8 Å². The zero-order valence-electron chi connectivity index (χ0n) is 12.8. The van der Waals surface area contributed by atoms with Crippen LogP contribution in [0.4, 0.5) is 0 Å². The van der Waals surface area contributed by atoms with Gasteiger partial charge in [-0.25, -0.2) is 0 Å². The van der Waals surface area contributed by atoms with Gasteiger partial charge in [-0.05, 0) is 57.7 Å². The fraction of sp³-hybridized carbons (Fsp3) is 0.625. The summed E-state index contributed by atoms with van der Waals surface area (Å²) in [6, 6.07) is 8.70. The molecular weight excluding hydrogens is 249 g/mol. The molecule has 2 aliphatic heterocycles. The Kier molecular flexibility index (Phi) is 3.89. The number of hydrogen-bond donors (Lipinski definition) is 0. The molecule has 0 bridgehead atoms. The lowest BCUT2D eigenvalue weighted by Gasteiger charge is -2.21. The van der Waals surface area contributed by atoms with Crippen molar-refractivity contribution in [2.24, 2.45) is 0 Å². The summed E-state index contributed by atoms with van der Waals surface area (Å²) in [6.07, 6.45) is 2.81. The summed E-state index contributed by atoms with van der Waals surface area (Å²) in [6.45, 7) is 9.78. The Bertz CT molecular complexity index is 454. The highest BCUT2D eigenvalue weighted by Crippen LogP contribution is 2.26. The average Bonchev–Trinajstić information content (AvgIpc) is 3.00. The molecule has 2 fully saturated rings. The quantitative estimate of drug-likeness (QED) is 0.788. The molecule has 0 spiro atoms. The topological polar surface area (TPSA) is 21.7 Å². The van der Waals surface area contributed by atoms with Gasteiger partial charge in [-0.3, -0.25) is 4.90 Å². The van der Waals surface area contributed by atoms with Crippen molar-refractivity contribution in [3.63, 3.8) is 0 Å². The maximum absolute atomic E-state index is 5.99. The third-order valence-corrected chi connectivity index (χ3v) is 4.57. The first kappa shape index (κ1) is 14.1. The van der Waals surface area contributed by atoms with E-state index in [0.717, 1.165) is 12.0 Å². The summed E-state index contributed by atoms with van der Waals surface area (Å²) in [5.41, 5.74) is 2.28. The molecule has 1 aromatic carbocycles. The van der Waals surface area contributed by atoms with E-state index in [9.17, 15) is 0 Å². The fourth-order valence-electron chi connectivity index (χ4n) is 2.87. The molecule has 108 valence electrons. The third kappa shape index (κ3) is 2.92. The molecule has 1 unspecified atom stereocenters. The monoisotopic (exact) mass is 273 g/mol. The Balaban J connectivity index is 1.64. The van der Waals surface area contributed by atoms with E-state index >= 15 is 0 Å². The van der Waals surface area contributed by atoms with Crippen LogP contribution in [0.2, 0.25) is 0 Å². The van der Waals surface area contributed by atoms with E-state index in [2.05, 4.69) is 49.9 Å². The minimum absolute atomic E-state index is 0.122. The Morgan fingerprint density at radius 3 is 2.40 bits per heavy atom. The second-order valence-corrected chi connectivity index (χ2v) is 6.56. The first-order valence-corrected chi connectivity index (χ1v) is 7.69. The van der Waals surface area contributed by atoms with Crippen LogP contribution in [0, 0.1) is 0 Å². The van der Waals surface area contributed by atoms with Crippen molar-refractivity contribution in [3.8, 4) is 0 Å². The highest BCUT2D eigenvalue weighted by Gasteiger charge is 2.43. The lowest BCUT2D eigenvalue weighted by Crippen LogP contribution is -2.34. The molecule has 0 amide bonds. The number of likely N-dealkylation sites (tertiary alicyclic amines) is 1. The zero-order chi connectivity index (χ0) is 14.2. The molecule has 3 rings (SSSR count). The molecule has 0 N–H and O–H groups in total. The number of hydrogen-bond acceptors (Lipinski definition) is 3. The van der Waals surface area contributed by atoms with Gasteiger partial charge in [0.1, 0.15) is 0 Å². The van der Waals surface area contributed by atoms with Crippen LogP contribution < -0.4 is 5.46 Å². The van der Waals surface area contributed by atoms with Gasteiger partial charge in [-0.1, -0.05) is 24.3 Å². The van der Waals surface area contributed by atoms with Gasteiger partial charge < -0.3 is 9.31 Å². The van der Waals surface area contributed by atoms with Crippen LogP contribution >= 0.6 is 0 Å². The van der Waals surface area contributed by atoms with Gasteiger partial charge in [0.15, 0.2) is 0 Å². The maximum Gasteiger partial charge on any atom is 0.494 e. The molecule has 0 aliphatic carbocycles. The molecule has 0 radical (unpaired) electrons. The molecule has 20 heavy (non-hydrogen) atoms. The van der Waals surface area contributed by atoms with Crippen LogP contribution in [0.1, 0.15) is 39.2 Å². The highest BCUT2D eigenvalue weighted by atomic mass is 16.7. The van der Waals surface area contributed by atoms with Crippen LogP contribution in [0.3, 0.4) is 0 Å². The first-order valence-electron chi connectivity index (χ1n) is 7.69.